The maximum Gasteiger partial charge on any atom is 0.269 e. The lowest BCUT2D eigenvalue weighted by Gasteiger charge is -2.43. The van der Waals surface area contributed by atoms with E-state index in [1.165, 1.54) is 0 Å². The fourth-order valence-electron chi connectivity index (χ4n) is 6.28. The largest absolute Gasteiger partial charge is 0.371 e. The Bertz CT molecular complexity index is 1380. The number of imide groups is 2. The van der Waals surface area contributed by atoms with E-state index in [0.29, 0.717) is 17.2 Å². The van der Waals surface area contributed by atoms with Gasteiger partial charge in [0, 0.05) is 75.2 Å². The first kappa shape index (κ1) is 25.9. The van der Waals surface area contributed by atoms with Crippen LogP contribution in [0.3, 0.4) is 0 Å². The molecule has 1 unspecified atom stereocenters. The molecule has 0 aliphatic carbocycles. The quantitative estimate of drug-likeness (QED) is 0.338. The van der Waals surface area contributed by atoms with Gasteiger partial charge in [0.15, 0.2) is 0 Å². The number of nitrogens with one attached hydrogen (secondary N) is 1. The van der Waals surface area contributed by atoms with E-state index in [2.05, 4.69) is 20.0 Å². The van der Waals surface area contributed by atoms with Gasteiger partial charge in [-0.2, -0.15) is 0 Å². The van der Waals surface area contributed by atoms with Crippen LogP contribution < -0.4 is 15.1 Å². The summed E-state index contributed by atoms with van der Waals surface area (Å²) >= 11 is 0. The molecule has 0 radical (unpaired) electrons. The van der Waals surface area contributed by atoms with Crippen LogP contribution in [-0.2, 0) is 9.59 Å². The number of non-ortho nitro benzene ring substituents is 1. The Labute approximate surface area is 230 Å². The number of nitro groups is 1. The summed E-state index contributed by atoms with van der Waals surface area (Å²) in [6.45, 7) is 5.22. The second-order valence-corrected chi connectivity index (χ2v) is 10.7. The Balaban J connectivity index is 1.05. The summed E-state index contributed by atoms with van der Waals surface area (Å²) in [7, 11) is 0. The Morgan fingerprint density at radius 3 is 2.02 bits per heavy atom. The predicted molar refractivity (Wildman–Crippen MR) is 145 cm³/mol. The molecule has 2 aromatic rings. The number of nitrogens with zero attached hydrogens (tertiary/aromatic N) is 5. The molecule has 40 heavy (non-hydrogen) atoms. The lowest BCUT2D eigenvalue weighted by molar-refractivity contribution is -0.384. The first-order valence-corrected chi connectivity index (χ1v) is 13.6. The van der Waals surface area contributed by atoms with Crippen LogP contribution in [0.25, 0.3) is 0 Å². The van der Waals surface area contributed by atoms with E-state index < -0.39 is 29.7 Å². The number of piperazine rings is 1. The zero-order chi connectivity index (χ0) is 28.0. The molecule has 4 amide bonds. The van der Waals surface area contributed by atoms with Gasteiger partial charge in [-0.05, 0) is 49.6 Å². The number of piperidine rings is 2. The monoisotopic (exact) mass is 546 g/mol. The van der Waals surface area contributed by atoms with Gasteiger partial charge in [0.25, 0.3) is 17.5 Å². The Morgan fingerprint density at radius 1 is 0.750 bits per heavy atom. The molecule has 208 valence electrons. The number of fused-ring (bicyclic) bond motifs is 1. The maximum atomic E-state index is 13.2. The molecule has 6 rings (SSSR count). The van der Waals surface area contributed by atoms with Gasteiger partial charge in [0.1, 0.15) is 6.04 Å². The molecule has 4 aliphatic rings. The molecule has 3 fully saturated rings. The van der Waals surface area contributed by atoms with Crippen molar-refractivity contribution in [2.45, 2.75) is 37.8 Å². The molecule has 4 aliphatic heterocycles. The fourth-order valence-corrected chi connectivity index (χ4v) is 6.28. The number of rotatable bonds is 5. The van der Waals surface area contributed by atoms with Crippen molar-refractivity contribution in [2.24, 2.45) is 0 Å². The summed E-state index contributed by atoms with van der Waals surface area (Å²) in [5, 5.41) is 13.1. The zero-order valence-corrected chi connectivity index (χ0v) is 22.0. The molecule has 2 aromatic carbocycles. The summed E-state index contributed by atoms with van der Waals surface area (Å²) in [6.07, 6.45) is 2.18. The molecule has 4 heterocycles. The predicted octanol–water partition coefficient (Wildman–Crippen LogP) is 1.79. The van der Waals surface area contributed by atoms with E-state index in [4.69, 9.17) is 0 Å². The van der Waals surface area contributed by atoms with Gasteiger partial charge in [0.05, 0.1) is 16.1 Å². The number of amides is 4. The van der Waals surface area contributed by atoms with Gasteiger partial charge in [-0.15, -0.1) is 0 Å². The summed E-state index contributed by atoms with van der Waals surface area (Å²) in [6, 6.07) is 11.5. The number of anilines is 2. The minimum Gasteiger partial charge on any atom is -0.371 e. The van der Waals surface area contributed by atoms with Gasteiger partial charge < -0.3 is 9.80 Å². The number of hydrogen-bond acceptors (Lipinski definition) is 9. The third-order valence-corrected chi connectivity index (χ3v) is 8.51. The van der Waals surface area contributed by atoms with E-state index in [1.807, 2.05) is 18.2 Å². The van der Waals surface area contributed by atoms with E-state index >= 15 is 0 Å². The maximum absolute atomic E-state index is 13.2. The second kappa shape index (κ2) is 10.3. The van der Waals surface area contributed by atoms with Crippen molar-refractivity contribution in [3.05, 3.63) is 63.7 Å². The minimum absolute atomic E-state index is 0.0934. The minimum atomic E-state index is -0.967. The summed E-state index contributed by atoms with van der Waals surface area (Å²) < 4.78 is 0. The number of nitro benzene ring substituents is 1. The standard InChI is InChI=1S/C28H30N6O6/c35-25-8-7-24(26(36)29-25)33-27(37)22-6-5-21(17-23(22)28(33)38)30-11-9-19(10-12-30)32-15-13-31(14-16-32)18-1-3-20(4-2-18)34(39)40/h1-6,17,19,24H,7-16H2,(H,29,35,36). The van der Waals surface area contributed by atoms with Crippen LogP contribution >= 0.6 is 0 Å². The van der Waals surface area contributed by atoms with E-state index in [1.54, 1.807) is 24.3 Å². The third kappa shape index (κ3) is 4.68. The van der Waals surface area contributed by atoms with E-state index in [9.17, 15) is 29.3 Å². The van der Waals surface area contributed by atoms with E-state index in [0.717, 1.165) is 68.4 Å². The van der Waals surface area contributed by atoms with Crippen molar-refractivity contribution < 1.29 is 24.1 Å². The number of hydrogen-bond donors (Lipinski definition) is 1. The first-order chi connectivity index (χ1) is 19.3. The highest BCUT2D eigenvalue weighted by Crippen LogP contribution is 2.32. The Morgan fingerprint density at radius 2 is 1.38 bits per heavy atom. The van der Waals surface area contributed by atoms with Gasteiger partial charge in [-0.1, -0.05) is 0 Å². The Kier molecular flexibility index (Phi) is 6.70. The molecule has 12 nitrogen and oxygen atoms in total. The highest BCUT2D eigenvalue weighted by molar-refractivity contribution is 6.23. The third-order valence-electron chi connectivity index (χ3n) is 8.51. The van der Waals surface area contributed by atoms with E-state index in [-0.39, 0.29) is 23.5 Å². The van der Waals surface area contributed by atoms with Crippen LogP contribution in [-0.4, -0.2) is 89.7 Å². The highest BCUT2D eigenvalue weighted by Gasteiger charge is 2.44. The van der Waals surface area contributed by atoms with Crippen LogP contribution in [0.1, 0.15) is 46.4 Å². The van der Waals surface area contributed by atoms with Crippen molar-refractivity contribution in [1.82, 2.24) is 15.1 Å². The van der Waals surface area contributed by atoms with Crippen molar-refractivity contribution in [3.8, 4) is 0 Å². The summed E-state index contributed by atoms with van der Waals surface area (Å²) in [5.41, 5.74) is 2.57. The molecular formula is C28H30N6O6. The number of carbonyl (C=O) groups is 4. The number of carbonyl (C=O) groups excluding carboxylic acids is 4. The van der Waals surface area contributed by atoms with Gasteiger partial charge in [-0.25, -0.2) is 0 Å². The van der Waals surface area contributed by atoms with Crippen LogP contribution in [0.5, 0.6) is 0 Å². The number of benzene rings is 2. The smallest absolute Gasteiger partial charge is 0.269 e. The van der Waals surface area contributed by atoms with Crippen LogP contribution in [0.2, 0.25) is 0 Å². The highest BCUT2D eigenvalue weighted by atomic mass is 16.6. The molecule has 1 atom stereocenters. The van der Waals surface area contributed by atoms with Gasteiger partial charge in [-0.3, -0.25) is 44.4 Å². The topological polar surface area (TPSA) is 136 Å². The van der Waals surface area contributed by atoms with Crippen molar-refractivity contribution in [2.75, 3.05) is 49.1 Å². The molecule has 12 heteroatoms. The Hall–Kier alpha value is -4.32. The molecule has 1 N–H and O–H groups in total. The second-order valence-electron chi connectivity index (χ2n) is 10.7. The molecule has 0 aromatic heterocycles. The zero-order valence-electron chi connectivity index (χ0n) is 22.0. The lowest BCUT2D eigenvalue weighted by Crippen LogP contribution is -2.54. The molecule has 0 bridgehead atoms. The van der Waals surface area contributed by atoms with Crippen LogP contribution in [0.4, 0.5) is 17.1 Å². The molecule has 0 spiro atoms. The van der Waals surface area contributed by atoms with Crippen molar-refractivity contribution in [3.63, 3.8) is 0 Å². The fraction of sp³-hybridized carbons (Fsp3) is 0.429. The normalized spacial score (nSPS) is 22.5. The van der Waals surface area contributed by atoms with Crippen LogP contribution in [0.15, 0.2) is 42.5 Å². The van der Waals surface area contributed by atoms with Gasteiger partial charge >= 0.3 is 0 Å². The first-order valence-electron chi connectivity index (χ1n) is 13.6. The molecule has 3 saturated heterocycles. The van der Waals surface area contributed by atoms with Crippen molar-refractivity contribution >= 4 is 40.7 Å². The van der Waals surface area contributed by atoms with Crippen molar-refractivity contribution in [1.29, 1.82) is 0 Å². The summed E-state index contributed by atoms with van der Waals surface area (Å²) in [4.78, 5) is 68.5. The van der Waals surface area contributed by atoms with Crippen LogP contribution in [0, 0.1) is 10.1 Å². The SMILES string of the molecule is O=C1CCC(N2C(=O)c3ccc(N4CCC(N5CCN(c6ccc([N+](=O)[O-])cc6)CC5)CC4)cc3C2=O)C(=O)N1. The lowest BCUT2D eigenvalue weighted by atomic mass is 10.0. The molecule has 0 saturated carbocycles. The average Bonchev–Trinajstić information content (AvgIpc) is 3.22. The van der Waals surface area contributed by atoms with Gasteiger partial charge in [0.2, 0.25) is 11.8 Å². The summed E-state index contributed by atoms with van der Waals surface area (Å²) in [5.74, 6) is -1.98. The average molecular weight is 547 g/mol. The molecular weight excluding hydrogens is 516 g/mol.